The molecule has 0 amide bonds. The summed E-state index contributed by atoms with van der Waals surface area (Å²) in [7, 11) is 0. The molecule has 27 heavy (non-hydrogen) atoms. The largest absolute Gasteiger partial charge is 0.490 e. The predicted octanol–water partition coefficient (Wildman–Crippen LogP) is 4.12. The number of allylic oxidation sites excluding steroid dienone is 3. The van der Waals surface area contributed by atoms with Crippen LogP contribution in [0, 0.1) is 28.1 Å². The van der Waals surface area contributed by atoms with E-state index in [2.05, 4.69) is 12.1 Å². The summed E-state index contributed by atoms with van der Waals surface area (Å²) in [6, 6.07) is 9.78. The second kappa shape index (κ2) is 8.05. The number of para-hydroxylation sites is 1. The van der Waals surface area contributed by atoms with Gasteiger partial charge in [-0.1, -0.05) is 32.9 Å². The van der Waals surface area contributed by atoms with Crippen LogP contribution >= 0.6 is 0 Å². The summed E-state index contributed by atoms with van der Waals surface area (Å²) in [4.78, 5) is 0. The van der Waals surface area contributed by atoms with Gasteiger partial charge in [-0.05, 0) is 19.9 Å². The van der Waals surface area contributed by atoms with Crippen LogP contribution in [0.1, 0.15) is 46.1 Å². The Morgan fingerprint density at radius 2 is 1.70 bits per heavy atom. The number of nitrogens with two attached hydrogens (primary N) is 1. The zero-order valence-electron chi connectivity index (χ0n) is 16.4. The molecule has 0 spiro atoms. The molecule has 6 nitrogen and oxygen atoms in total. The molecular weight excluding hydrogens is 342 g/mol. The van der Waals surface area contributed by atoms with E-state index >= 15 is 0 Å². The number of hydrogen-bond acceptors (Lipinski definition) is 6. The Morgan fingerprint density at radius 3 is 2.22 bits per heavy atom. The summed E-state index contributed by atoms with van der Waals surface area (Å²) < 4.78 is 17.2. The van der Waals surface area contributed by atoms with Gasteiger partial charge in [0.1, 0.15) is 17.4 Å². The van der Waals surface area contributed by atoms with Crippen LogP contribution in [0.2, 0.25) is 0 Å². The van der Waals surface area contributed by atoms with Gasteiger partial charge in [-0.25, -0.2) is 0 Å². The molecule has 0 saturated carbocycles. The fraction of sp³-hybridized carbons (Fsp3) is 0.429. The Kier molecular flexibility index (Phi) is 6.02. The number of ether oxygens (including phenoxy) is 3. The van der Waals surface area contributed by atoms with Crippen LogP contribution in [-0.2, 0) is 4.74 Å². The molecule has 1 aromatic carbocycles. The van der Waals surface area contributed by atoms with Gasteiger partial charge in [-0.2, -0.15) is 10.5 Å². The number of hydrogen-bond donors (Lipinski definition) is 1. The molecule has 2 rings (SSSR count). The van der Waals surface area contributed by atoms with Crippen molar-refractivity contribution in [2.24, 2.45) is 11.1 Å². The topological polar surface area (TPSA) is 101 Å². The molecule has 1 atom stereocenters. The van der Waals surface area contributed by atoms with E-state index < -0.39 is 11.3 Å². The van der Waals surface area contributed by atoms with Crippen molar-refractivity contribution in [1.29, 1.82) is 10.5 Å². The lowest BCUT2D eigenvalue weighted by molar-refractivity contribution is 0.199. The van der Waals surface area contributed by atoms with Crippen molar-refractivity contribution in [2.75, 3.05) is 13.2 Å². The van der Waals surface area contributed by atoms with Crippen molar-refractivity contribution in [2.45, 2.75) is 40.5 Å². The van der Waals surface area contributed by atoms with E-state index in [1.54, 1.807) is 6.07 Å². The van der Waals surface area contributed by atoms with Crippen LogP contribution in [0.4, 0.5) is 0 Å². The van der Waals surface area contributed by atoms with Gasteiger partial charge < -0.3 is 19.9 Å². The van der Waals surface area contributed by atoms with Crippen molar-refractivity contribution in [3.63, 3.8) is 0 Å². The summed E-state index contributed by atoms with van der Waals surface area (Å²) >= 11 is 0. The van der Waals surface area contributed by atoms with Crippen LogP contribution in [0.5, 0.6) is 11.5 Å². The second-order valence-corrected chi connectivity index (χ2v) is 7.07. The molecule has 0 saturated heterocycles. The monoisotopic (exact) mass is 367 g/mol. The molecule has 1 aliphatic heterocycles. The Bertz CT molecular complexity index is 864. The van der Waals surface area contributed by atoms with Crippen molar-refractivity contribution in [3.8, 4) is 23.6 Å². The van der Waals surface area contributed by atoms with Gasteiger partial charge in [-0.15, -0.1) is 0 Å². The molecule has 0 aliphatic carbocycles. The molecule has 1 aliphatic rings. The highest BCUT2D eigenvalue weighted by Crippen LogP contribution is 2.48. The van der Waals surface area contributed by atoms with E-state index in [-0.39, 0.29) is 11.5 Å². The average molecular weight is 367 g/mol. The van der Waals surface area contributed by atoms with E-state index in [4.69, 9.17) is 19.9 Å². The van der Waals surface area contributed by atoms with Crippen LogP contribution in [0.15, 0.2) is 41.0 Å². The predicted molar refractivity (Wildman–Crippen MR) is 102 cm³/mol. The van der Waals surface area contributed by atoms with Gasteiger partial charge >= 0.3 is 0 Å². The minimum atomic E-state index is -0.676. The summed E-state index contributed by atoms with van der Waals surface area (Å²) in [6.45, 7) is 10.4. The molecular formula is C21H25N3O3. The summed E-state index contributed by atoms with van der Waals surface area (Å²) in [5.41, 5.74) is 6.80. The van der Waals surface area contributed by atoms with Gasteiger partial charge in [0.25, 0.3) is 0 Å². The van der Waals surface area contributed by atoms with Crippen LogP contribution in [0.25, 0.3) is 0 Å². The summed E-state index contributed by atoms with van der Waals surface area (Å²) in [6.07, 6.45) is 0. The minimum absolute atomic E-state index is 0.00989. The second-order valence-electron chi connectivity index (χ2n) is 7.07. The highest BCUT2D eigenvalue weighted by Gasteiger charge is 2.39. The molecule has 142 valence electrons. The Morgan fingerprint density at radius 1 is 1.07 bits per heavy atom. The molecule has 2 N–H and O–H groups in total. The standard InChI is InChI=1S/C21H25N3O3/c1-6-25-16-10-8-9-13(18(16)26-7-2)17-14(11-22)19(21(3,4)5)27-20(24)15(17)12-23/h8-10,17H,6-7,24H2,1-5H3/t17-/m0/s1. The van der Waals surface area contributed by atoms with Gasteiger partial charge in [0.2, 0.25) is 5.88 Å². The first-order valence-corrected chi connectivity index (χ1v) is 8.90. The third kappa shape index (κ3) is 3.85. The molecule has 6 heteroatoms. The van der Waals surface area contributed by atoms with E-state index in [0.717, 1.165) is 0 Å². The summed E-state index contributed by atoms with van der Waals surface area (Å²) in [5.74, 6) is 0.862. The fourth-order valence-electron chi connectivity index (χ4n) is 3.07. The van der Waals surface area contributed by atoms with Gasteiger partial charge in [0.15, 0.2) is 11.5 Å². The fourth-order valence-corrected chi connectivity index (χ4v) is 3.07. The maximum atomic E-state index is 9.92. The number of nitriles is 2. The molecule has 0 unspecified atom stereocenters. The van der Waals surface area contributed by atoms with E-state index in [0.29, 0.717) is 41.6 Å². The van der Waals surface area contributed by atoms with Crippen LogP contribution in [-0.4, -0.2) is 13.2 Å². The van der Waals surface area contributed by atoms with Crippen molar-refractivity contribution < 1.29 is 14.2 Å². The number of nitrogens with zero attached hydrogens (tertiary/aromatic N) is 2. The minimum Gasteiger partial charge on any atom is -0.490 e. The smallest absolute Gasteiger partial charge is 0.205 e. The first-order valence-electron chi connectivity index (χ1n) is 8.90. The molecule has 0 fully saturated rings. The highest BCUT2D eigenvalue weighted by atomic mass is 16.5. The molecule has 1 aromatic rings. The van der Waals surface area contributed by atoms with Crippen LogP contribution < -0.4 is 15.2 Å². The Labute approximate surface area is 160 Å². The lowest BCUT2D eigenvalue weighted by Crippen LogP contribution is -2.26. The SMILES string of the molecule is CCOc1cccc([C@@H]2C(C#N)=C(N)OC(C(C)(C)C)=C2C#N)c1OCC. The maximum absolute atomic E-state index is 9.92. The van der Waals surface area contributed by atoms with Gasteiger partial charge in [0.05, 0.1) is 30.8 Å². The molecule has 1 heterocycles. The molecule has 0 aromatic heterocycles. The lowest BCUT2D eigenvalue weighted by atomic mass is 9.78. The van der Waals surface area contributed by atoms with E-state index in [9.17, 15) is 10.5 Å². The van der Waals surface area contributed by atoms with Gasteiger partial charge in [-0.3, -0.25) is 0 Å². The Balaban J connectivity index is 2.81. The first kappa shape index (κ1) is 20.2. The van der Waals surface area contributed by atoms with Crippen molar-refractivity contribution in [3.05, 3.63) is 46.6 Å². The van der Waals surface area contributed by atoms with E-state index in [1.807, 2.05) is 46.8 Å². The zero-order chi connectivity index (χ0) is 20.2. The highest BCUT2D eigenvalue weighted by molar-refractivity contribution is 5.60. The maximum Gasteiger partial charge on any atom is 0.205 e. The summed E-state index contributed by atoms with van der Waals surface area (Å²) in [5, 5.41) is 19.6. The van der Waals surface area contributed by atoms with Crippen LogP contribution in [0.3, 0.4) is 0 Å². The van der Waals surface area contributed by atoms with Crippen molar-refractivity contribution in [1.82, 2.24) is 0 Å². The number of benzene rings is 1. The molecule has 0 radical (unpaired) electrons. The van der Waals surface area contributed by atoms with Gasteiger partial charge in [0, 0.05) is 11.0 Å². The van der Waals surface area contributed by atoms with Crippen molar-refractivity contribution >= 4 is 0 Å². The zero-order valence-corrected chi connectivity index (χ0v) is 16.4. The third-order valence-corrected chi connectivity index (χ3v) is 4.13. The third-order valence-electron chi connectivity index (χ3n) is 4.13. The quantitative estimate of drug-likeness (QED) is 0.840. The average Bonchev–Trinajstić information content (AvgIpc) is 2.62. The molecule has 0 bridgehead atoms. The Hall–Kier alpha value is -3.12. The number of rotatable bonds is 5. The van der Waals surface area contributed by atoms with E-state index in [1.165, 1.54) is 0 Å². The normalized spacial score (nSPS) is 17.1. The lowest BCUT2D eigenvalue weighted by Gasteiger charge is -2.32. The first-order chi connectivity index (χ1) is 12.8.